The number of amides is 1. The highest BCUT2D eigenvalue weighted by molar-refractivity contribution is 6.01. The molecule has 1 amide bonds. The van der Waals surface area contributed by atoms with E-state index in [1.165, 1.54) is 11.1 Å². The summed E-state index contributed by atoms with van der Waals surface area (Å²) in [6.07, 6.45) is 1.82. The van der Waals surface area contributed by atoms with Crippen molar-refractivity contribution in [3.63, 3.8) is 0 Å². The molecular formula is C29H31N3O2. The van der Waals surface area contributed by atoms with E-state index in [4.69, 9.17) is 9.72 Å². The lowest BCUT2D eigenvalue weighted by atomic mass is 9.94. The monoisotopic (exact) mass is 453 g/mol. The molecule has 0 bridgehead atoms. The van der Waals surface area contributed by atoms with Gasteiger partial charge in [0.05, 0.1) is 23.7 Å². The van der Waals surface area contributed by atoms with Crippen molar-refractivity contribution in [2.24, 2.45) is 0 Å². The minimum absolute atomic E-state index is 0.0438. The number of imidazole rings is 1. The highest BCUT2D eigenvalue weighted by atomic mass is 16.5. The van der Waals surface area contributed by atoms with E-state index in [2.05, 4.69) is 44.0 Å². The van der Waals surface area contributed by atoms with Gasteiger partial charge in [0.25, 0.3) is 5.91 Å². The van der Waals surface area contributed by atoms with Gasteiger partial charge in [-0.2, -0.15) is 0 Å². The molecule has 174 valence electrons. The Morgan fingerprint density at radius 3 is 2.50 bits per heavy atom. The molecule has 1 aliphatic rings. The Kier molecular flexibility index (Phi) is 5.43. The second-order valence-electron chi connectivity index (χ2n) is 9.65. The lowest BCUT2D eigenvalue weighted by molar-refractivity contribution is 0.0606. The van der Waals surface area contributed by atoms with Crippen LogP contribution in [0.15, 0.2) is 54.6 Å². The summed E-state index contributed by atoms with van der Waals surface area (Å²) < 4.78 is 5.31. The van der Waals surface area contributed by atoms with Gasteiger partial charge in [-0.3, -0.25) is 4.79 Å². The van der Waals surface area contributed by atoms with Crippen LogP contribution in [0.4, 0.5) is 0 Å². The number of hydrogen-bond donors (Lipinski definition) is 1. The van der Waals surface area contributed by atoms with E-state index >= 15 is 0 Å². The van der Waals surface area contributed by atoms with Crippen LogP contribution in [0.1, 0.15) is 52.6 Å². The number of aryl methyl sites for hydroxylation is 3. The number of methoxy groups -OCH3 is 1. The summed E-state index contributed by atoms with van der Waals surface area (Å²) in [5.74, 6) is 1.70. The first-order chi connectivity index (χ1) is 16.3. The van der Waals surface area contributed by atoms with Crippen LogP contribution in [0.5, 0.6) is 5.75 Å². The molecule has 3 aromatic carbocycles. The summed E-state index contributed by atoms with van der Waals surface area (Å²) >= 11 is 0. The predicted molar refractivity (Wildman–Crippen MR) is 136 cm³/mol. The maximum atomic E-state index is 14.1. The van der Waals surface area contributed by atoms with Gasteiger partial charge in [0.1, 0.15) is 11.6 Å². The van der Waals surface area contributed by atoms with Crippen molar-refractivity contribution in [2.45, 2.75) is 46.1 Å². The normalized spacial score (nSPS) is 18.0. The number of hydrogen-bond acceptors (Lipinski definition) is 3. The third kappa shape index (κ3) is 3.65. The molecule has 0 aliphatic carbocycles. The summed E-state index contributed by atoms with van der Waals surface area (Å²) in [4.78, 5) is 24.6. The fourth-order valence-electron chi connectivity index (χ4n) is 5.06. The molecule has 5 rings (SSSR count). The number of aromatic amines is 1. The number of likely N-dealkylation sites (tertiary alicyclic amines) is 1. The third-order valence-electron chi connectivity index (χ3n) is 7.30. The van der Waals surface area contributed by atoms with Crippen LogP contribution in [0.2, 0.25) is 0 Å². The number of rotatable bonds is 4. The van der Waals surface area contributed by atoms with Crippen LogP contribution in [0.25, 0.3) is 22.2 Å². The SMILES string of the molecule is COc1ccc(-c2ccc(C)cc2C(=O)N2CCCC2(C)c2nc3cc(C)c(C)cc3[nH]2)cc1. The molecular weight excluding hydrogens is 422 g/mol. The molecule has 1 atom stereocenters. The zero-order chi connectivity index (χ0) is 24.0. The Labute approximate surface area is 200 Å². The Morgan fingerprint density at radius 1 is 1.03 bits per heavy atom. The fourth-order valence-corrected chi connectivity index (χ4v) is 5.06. The van der Waals surface area contributed by atoms with Gasteiger partial charge in [-0.25, -0.2) is 4.98 Å². The van der Waals surface area contributed by atoms with E-state index in [-0.39, 0.29) is 5.91 Å². The number of carbonyl (C=O) groups excluding carboxylic acids is 1. The maximum absolute atomic E-state index is 14.1. The first kappa shape index (κ1) is 22.2. The first-order valence-electron chi connectivity index (χ1n) is 11.8. The number of H-pyrrole nitrogens is 1. The fraction of sp³-hybridized carbons (Fsp3) is 0.310. The van der Waals surface area contributed by atoms with Crippen LogP contribution in [0.3, 0.4) is 0 Å². The topological polar surface area (TPSA) is 58.2 Å². The third-order valence-corrected chi connectivity index (χ3v) is 7.30. The van der Waals surface area contributed by atoms with Gasteiger partial charge < -0.3 is 14.6 Å². The lowest BCUT2D eigenvalue weighted by Gasteiger charge is -2.34. The number of nitrogens with one attached hydrogen (secondary N) is 1. The van der Waals surface area contributed by atoms with Crippen LogP contribution in [-0.4, -0.2) is 34.4 Å². The van der Waals surface area contributed by atoms with E-state index in [0.717, 1.165) is 57.7 Å². The molecule has 34 heavy (non-hydrogen) atoms. The van der Waals surface area contributed by atoms with Crippen molar-refractivity contribution in [1.82, 2.24) is 14.9 Å². The summed E-state index contributed by atoms with van der Waals surface area (Å²) in [6.45, 7) is 9.09. The van der Waals surface area contributed by atoms with E-state index in [1.54, 1.807) is 7.11 Å². The molecule has 0 radical (unpaired) electrons. The average Bonchev–Trinajstić information content (AvgIpc) is 3.43. The van der Waals surface area contributed by atoms with Gasteiger partial charge in [0, 0.05) is 12.1 Å². The molecule has 1 N–H and O–H groups in total. The van der Waals surface area contributed by atoms with Gasteiger partial charge >= 0.3 is 0 Å². The molecule has 4 aromatic rings. The number of nitrogens with zero attached hydrogens (tertiary/aromatic N) is 2. The number of carbonyl (C=O) groups is 1. The first-order valence-corrected chi connectivity index (χ1v) is 11.8. The van der Waals surface area contributed by atoms with Crippen molar-refractivity contribution < 1.29 is 9.53 Å². The number of fused-ring (bicyclic) bond motifs is 1. The molecule has 5 nitrogen and oxygen atoms in total. The van der Waals surface area contributed by atoms with E-state index in [9.17, 15) is 4.79 Å². The minimum Gasteiger partial charge on any atom is -0.497 e. The van der Waals surface area contributed by atoms with Crippen LogP contribution < -0.4 is 4.74 Å². The van der Waals surface area contributed by atoms with Crippen molar-refractivity contribution >= 4 is 16.9 Å². The summed E-state index contributed by atoms with van der Waals surface area (Å²) in [7, 11) is 1.66. The second-order valence-corrected chi connectivity index (χ2v) is 9.65. The predicted octanol–water partition coefficient (Wildman–Crippen LogP) is 6.32. The number of benzene rings is 3. The molecule has 1 saturated heterocycles. The zero-order valence-corrected chi connectivity index (χ0v) is 20.5. The molecule has 1 aromatic heterocycles. The molecule has 5 heteroatoms. The quantitative estimate of drug-likeness (QED) is 0.394. The van der Waals surface area contributed by atoms with Gasteiger partial charge in [0.2, 0.25) is 0 Å². The molecule has 0 saturated carbocycles. The van der Waals surface area contributed by atoms with Crippen molar-refractivity contribution in [3.8, 4) is 16.9 Å². The van der Waals surface area contributed by atoms with Gasteiger partial charge in [-0.05, 0) is 93.1 Å². The Bertz CT molecular complexity index is 1350. The summed E-state index contributed by atoms with van der Waals surface area (Å²) in [5, 5.41) is 0. The summed E-state index contributed by atoms with van der Waals surface area (Å²) in [5.41, 5.74) is 7.66. The average molecular weight is 454 g/mol. The Balaban J connectivity index is 1.56. The highest BCUT2D eigenvalue weighted by Crippen LogP contribution is 2.40. The van der Waals surface area contributed by atoms with Gasteiger partial charge in [-0.1, -0.05) is 29.8 Å². The van der Waals surface area contributed by atoms with Crippen molar-refractivity contribution in [1.29, 1.82) is 0 Å². The van der Waals surface area contributed by atoms with Gasteiger partial charge in [0.15, 0.2) is 0 Å². The zero-order valence-electron chi connectivity index (χ0n) is 20.5. The number of ether oxygens (including phenoxy) is 1. The molecule has 2 heterocycles. The minimum atomic E-state index is -0.487. The van der Waals surface area contributed by atoms with E-state index < -0.39 is 5.54 Å². The maximum Gasteiger partial charge on any atom is 0.255 e. The summed E-state index contributed by atoms with van der Waals surface area (Å²) in [6, 6.07) is 18.3. The lowest BCUT2D eigenvalue weighted by Crippen LogP contribution is -2.43. The van der Waals surface area contributed by atoms with Crippen molar-refractivity contribution in [3.05, 3.63) is 82.7 Å². The largest absolute Gasteiger partial charge is 0.497 e. The number of aromatic nitrogens is 2. The van der Waals surface area contributed by atoms with Gasteiger partial charge in [-0.15, -0.1) is 0 Å². The van der Waals surface area contributed by atoms with E-state index in [1.807, 2.05) is 48.2 Å². The Morgan fingerprint density at radius 2 is 1.76 bits per heavy atom. The highest BCUT2D eigenvalue weighted by Gasteiger charge is 2.44. The van der Waals surface area contributed by atoms with E-state index in [0.29, 0.717) is 6.54 Å². The van der Waals surface area contributed by atoms with Crippen LogP contribution >= 0.6 is 0 Å². The molecule has 1 fully saturated rings. The van der Waals surface area contributed by atoms with Crippen LogP contribution in [-0.2, 0) is 5.54 Å². The van der Waals surface area contributed by atoms with Crippen LogP contribution in [0, 0.1) is 20.8 Å². The molecule has 1 aliphatic heterocycles. The standard InChI is InChI=1S/C29H31N3O2/c1-18-7-12-23(21-8-10-22(34-5)11-9-21)24(15-18)27(33)32-14-6-13-29(32,4)28-30-25-16-19(2)20(3)17-26(25)31-28/h7-12,15-17H,6,13-14H2,1-5H3,(H,30,31). The molecule has 1 unspecified atom stereocenters. The van der Waals surface area contributed by atoms with Crippen molar-refractivity contribution in [2.75, 3.05) is 13.7 Å². The second kappa shape index (κ2) is 8.32. The Hall–Kier alpha value is -3.60. The molecule has 0 spiro atoms. The smallest absolute Gasteiger partial charge is 0.255 e.